The summed E-state index contributed by atoms with van der Waals surface area (Å²) < 4.78 is 20.0. The fraction of sp³-hybridized carbons (Fsp3) is 0.222. The summed E-state index contributed by atoms with van der Waals surface area (Å²) in [6.45, 7) is 2.34. The number of hydrogen-bond donors (Lipinski definition) is 1. The summed E-state index contributed by atoms with van der Waals surface area (Å²) in [6.07, 6.45) is 1.78. The molecular formula is C18H18FN3O2S. The number of nitrogens with two attached hydrogens (primary N) is 1. The number of halogens is 1. The normalized spacial score (nSPS) is 12.3. The van der Waals surface area contributed by atoms with Crippen molar-refractivity contribution < 1.29 is 9.13 Å². The second kappa shape index (κ2) is 7.16. The van der Waals surface area contributed by atoms with Crippen LogP contribution in [0.1, 0.15) is 13.0 Å². The van der Waals surface area contributed by atoms with Gasteiger partial charge in [0.25, 0.3) is 5.56 Å². The average Bonchev–Trinajstić information content (AvgIpc) is 2.98. The van der Waals surface area contributed by atoms with Crippen LogP contribution >= 0.6 is 11.3 Å². The molecule has 0 fully saturated rings. The van der Waals surface area contributed by atoms with E-state index in [2.05, 4.69) is 4.98 Å². The summed E-state index contributed by atoms with van der Waals surface area (Å²) in [5.41, 5.74) is 8.07. The molecule has 3 rings (SSSR count). The van der Waals surface area contributed by atoms with Gasteiger partial charge in [-0.15, -0.1) is 0 Å². The van der Waals surface area contributed by atoms with Crippen molar-refractivity contribution in [2.45, 2.75) is 13.0 Å². The van der Waals surface area contributed by atoms with Crippen LogP contribution in [0.5, 0.6) is 0 Å². The first-order valence-corrected chi connectivity index (χ1v) is 8.55. The van der Waals surface area contributed by atoms with Gasteiger partial charge in [0.1, 0.15) is 5.82 Å². The summed E-state index contributed by atoms with van der Waals surface area (Å²) in [5, 5.41) is 0.414. The minimum atomic E-state index is -0.310. The molecule has 1 unspecified atom stereocenters. The molecule has 0 bridgehead atoms. The van der Waals surface area contributed by atoms with Crippen LogP contribution in [0.4, 0.5) is 9.52 Å². The van der Waals surface area contributed by atoms with E-state index in [-0.39, 0.29) is 17.4 Å². The Morgan fingerprint density at radius 3 is 2.60 bits per heavy atom. The van der Waals surface area contributed by atoms with Gasteiger partial charge in [-0.25, -0.2) is 9.37 Å². The van der Waals surface area contributed by atoms with Gasteiger partial charge in [-0.3, -0.25) is 4.79 Å². The van der Waals surface area contributed by atoms with Crippen molar-refractivity contribution in [2.24, 2.45) is 0 Å². The molecule has 5 nitrogen and oxygen atoms in total. The maximum absolute atomic E-state index is 13.2. The second-order valence-electron chi connectivity index (χ2n) is 5.70. The number of nitrogens with zero attached hydrogens (tertiary/aromatic N) is 2. The fourth-order valence-electron chi connectivity index (χ4n) is 2.64. The van der Waals surface area contributed by atoms with E-state index >= 15 is 0 Å². The Balaban J connectivity index is 2.10. The van der Waals surface area contributed by atoms with E-state index in [9.17, 15) is 9.18 Å². The molecule has 1 aromatic carbocycles. The second-order valence-corrected chi connectivity index (χ2v) is 6.74. The van der Waals surface area contributed by atoms with Crippen molar-refractivity contribution in [3.05, 3.63) is 58.8 Å². The Labute approximate surface area is 148 Å². The van der Waals surface area contributed by atoms with E-state index in [1.807, 2.05) is 6.92 Å². The lowest BCUT2D eigenvalue weighted by atomic mass is 10.1. The number of anilines is 1. The largest absolute Gasteiger partial charge is 0.383 e. The van der Waals surface area contributed by atoms with Crippen LogP contribution in [-0.2, 0) is 4.74 Å². The van der Waals surface area contributed by atoms with Gasteiger partial charge in [-0.2, -0.15) is 0 Å². The summed E-state index contributed by atoms with van der Waals surface area (Å²) in [7, 11) is 1.60. The smallest absolute Gasteiger partial charge is 0.250 e. The number of benzene rings is 1. The molecule has 0 saturated heterocycles. The number of methoxy groups -OCH3 is 1. The van der Waals surface area contributed by atoms with Crippen LogP contribution in [0.3, 0.4) is 0 Å². The highest BCUT2D eigenvalue weighted by Gasteiger charge is 2.16. The summed E-state index contributed by atoms with van der Waals surface area (Å²) >= 11 is 1.33. The molecule has 0 aliphatic heterocycles. The van der Waals surface area contributed by atoms with E-state index in [0.29, 0.717) is 17.4 Å². The van der Waals surface area contributed by atoms with E-state index in [1.54, 1.807) is 36.1 Å². The molecule has 0 amide bonds. The zero-order valence-electron chi connectivity index (χ0n) is 13.9. The first-order valence-electron chi connectivity index (χ1n) is 7.73. The first-order chi connectivity index (χ1) is 12.0. The molecular weight excluding hydrogens is 341 g/mol. The van der Waals surface area contributed by atoms with Gasteiger partial charge >= 0.3 is 0 Å². The maximum Gasteiger partial charge on any atom is 0.250 e. The van der Waals surface area contributed by atoms with Crippen LogP contribution in [0.15, 0.2) is 47.4 Å². The molecule has 0 radical (unpaired) electrons. The number of aromatic nitrogens is 2. The van der Waals surface area contributed by atoms with Crippen molar-refractivity contribution in [1.29, 1.82) is 0 Å². The van der Waals surface area contributed by atoms with Gasteiger partial charge in [0, 0.05) is 30.5 Å². The predicted molar refractivity (Wildman–Crippen MR) is 98.2 cm³/mol. The molecule has 2 aromatic heterocycles. The number of pyridine rings is 1. The topological polar surface area (TPSA) is 70.1 Å². The van der Waals surface area contributed by atoms with Crippen molar-refractivity contribution in [1.82, 2.24) is 9.55 Å². The van der Waals surface area contributed by atoms with Gasteiger partial charge in [-0.05, 0) is 37.3 Å². The van der Waals surface area contributed by atoms with Crippen LogP contribution in [0, 0.1) is 5.82 Å². The average molecular weight is 359 g/mol. The highest BCUT2D eigenvalue weighted by Crippen LogP contribution is 2.37. The van der Waals surface area contributed by atoms with Crippen molar-refractivity contribution >= 4 is 16.5 Å². The SMILES string of the molecule is COCC(C)n1cc(-c2sc(N)nc2-c2ccc(F)cc2)ccc1=O. The van der Waals surface area contributed by atoms with Gasteiger partial charge in [0.05, 0.1) is 23.2 Å². The number of nitrogen functional groups attached to an aromatic ring is 1. The maximum atomic E-state index is 13.2. The molecule has 0 saturated carbocycles. The lowest BCUT2D eigenvalue weighted by molar-refractivity contribution is 0.161. The molecule has 25 heavy (non-hydrogen) atoms. The van der Waals surface area contributed by atoms with Gasteiger partial charge in [0.15, 0.2) is 5.13 Å². The van der Waals surface area contributed by atoms with Crippen LogP contribution < -0.4 is 11.3 Å². The van der Waals surface area contributed by atoms with Gasteiger partial charge < -0.3 is 15.0 Å². The molecule has 0 spiro atoms. The molecule has 0 aliphatic rings. The molecule has 2 heterocycles. The molecule has 1 atom stereocenters. The number of ether oxygens (including phenoxy) is 1. The van der Waals surface area contributed by atoms with E-state index in [1.165, 1.54) is 29.5 Å². The molecule has 3 aromatic rings. The van der Waals surface area contributed by atoms with E-state index in [0.717, 1.165) is 16.0 Å². The van der Waals surface area contributed by atoms with Gasteiger partial charge in [0.2, 0.25) is 0 Å². The van der Waals surface area contributed by atoms with Gasteiger partial charge in [-0.1, -0.05) is 11.3 Å². The van der Waals surface area contributed by atoms with Crippen molar-refractivity contribution in [3.63, 3.8) is 0 Å². The zero-order valence-corrected chi connectivity index (χ0v) is 14.7. The van der Waals surface area contributed by atoms with E-state index < -0.39 is 0 Å². The van der Waals surface area contributed by atoms with Crippen LogP contribution in [0.25, 0.3) is 21.7 Å². The molecule has 0 aliphatic carbocycles. The summed E-state index contributed by atoms with van der Waals surface area (Å²) in [4.78, 5) is 17.4. The summed E-state index contributed by atoms with van der Waals surface area (Å²) in [6, 6.07) is 9.27. The highest BCUT2D eigenvalue weighted by atomic mass is 32.1. The minimum Gasteiger partial charge on any atom is -0.383 e. The lowest BCUT2D eigenvalue weighted by Crippen LogP contribution is -2.24. The molecule has 2 N–H and O–H groups in total. The van der Waals surface area contributed by atoms with Crippen LogP contribution in [-0.4, -0.2) is 23.3 Å². The van der Waals surface area contributed by atoms with Crippen molar-refractivity contribution in [3.8, 4) is 21.7 Å². The minimum absolute atomic E-state index is 0.100. The Kier molecular flexibility index (Phi) is 4.96. The zero-order chi connectivity index (χ0) is 18.0. The fourth-order valence-corrected chi connectivity index (χ4v) is 3.48. The van der Waals surface area contributed by atoms with E-state index in [4.69, 9.17) is 10.5 Å². The summed E-state index contributed by atoms with van der Waals surface area (Å²) in [5.74, 6) is -0.310. The third-order valence-electron chi connectivity index (χ3n) is 3.84. The molecule has 130 valence electrons. The molecule has 7 heteroatoms. The van der Waals surface area contributed by atoms with Crippen molar-refractivity contribution in [2.75, 3.05) is 19.5 Å². The Hall–Kier alpha value is -2.51. The number of rotatable bonds is 5. The Morgan fingerprint density at radius 2 is 1.92 bits per heavy atom. The van der Waals surface area contributed by atoms with Crippen LogP contribution in [0.2, 0.25) is 0 Å². The monoisotopic (exact) mass is 359 g/mol. The third kappa shape index (κ3) is 3.62. The Bertz CT molecular complexity index is 934. The first kappa shape index (κ1) is 17.3. The quantitative estimate of drug-likeness (QED) is 0.756. The highest BCUT2D eigenvalue weighted by molar-refractivity contribution is 7.19. The third-order valence-corrected chi connectivity index (χ3v) is 4.78. The standard InChI is InChI=1S/C18H18FN3O2S/c1-11(10-24-2)22-9-13(5-8-15(22)23)17-16(21-18(20)25-17)12-3-6-14(19)7-4-12/h3-9,11H,10H2,1-2H3,(H2,20,21). The number of hydrogen-bond acceptors (Lipinski definition) is 5. The lowest BCUT2D eigenvalue weighted by Gasteiger charge is -2.15. The Morgan fingerprint density at radius 1 is 1.24 bits per heavy atom. The predicted octanol–water partition coefficient (Wildman–Crippen LogP) is 3.57. The number of thiazole rings is 1.